The highest BCUT2D eigenvalue weighted by Crippen LogP contribution is 2.39. The van der Waals surface area contributed by atoms with Crippen LogP contribution in [0, 0.1) is 19.3 Å². The summed E-state index contributed by atoms with van der Waals surface area (Å²) in [5.41, 5.74) is 4.37. The summed E-state index contributed by atoms with van der Waals surface area (Å²) in [6.45, 7) is 13.3. The number of carbonyl (C=O) groups excluding carboxylic acids is 3. The van der Waals surface area contributed by atoms with Gasteiger partial charge in [-0.05, 0) is 83.5 Å². The largest absolute Gasteiger partial charge is 0.372 e. The lowest BCUT2D eigenvalue weighted by Crippen LogP contribution is -2.35. The molecule has 2 aromatic rings. The number of ketones is 1. The number of allylic oxidation sites excluding steroid dienone is 2. The number of rotatable bonds is 6. The standard InChI is InChI=1S/C29H32N4O3/c1-7-33(8-2)20-12-13-21(18(4)15-20)30-22-16-23(31-27(35)19-11-9-10-17(3)14-19)26(34)24-25(22)32-28(36)29(24,5)6/h9-16H,7-8H2,1-6H3,(H,31,35)(H,32,36). The number of hydrogen-bond acceptors (Lipinski definition) is 5. The van der Waals surface area contributed by atoms with Crippen LogP contribution in [-0.2, 0) is 9.59 Å². The van der Waals surface area contributed by atoms with E-state index in [0.717, 1.165) is 35.6 Å². The van der Waals surface area contributed by atoms with Crippen LogP contribution in [0.1, 0.15) is 49.2 Å². The summed E-state index contributed by atoms with van der Waals surface area (Å²) in [4.78, 5) is 46.3. The van der Waals surface area contributed by atoms with E-state index in [0.29, 0.717) is 22.5 Å². The number of benzene rings is 2. The fraction of sp³-hybridized carbons (Fsp3) is 0.310. The Bertz CT molecular complexity index is 1360. The number of aliphatic imine (C=N–C) groups is 1. The van der Waals surface area contributed by atoms with Gasteiger partial charge in [-0.25, -0.2) is 4.99 Å². The highest BCUT2D eigenvalue weighted by Gasteiger charge is 2.48. The summed E-state index contributed by atoms with van der Waals surface area (Å²) in [5, 5.41) is 5.61. The third-order valence-electron chi connectivity index (χ3n) is 6.77. The normalized spacial score (nSPS) is 17.6. The molecule has 7 nitrogen and oxygen atoms in total. The van der Waals surface area contributed by atoms with Gasteiger partial charge in [0.25, 0.3) is 5.91 Å². The van der Waals surface area contributed by atoms with Crippen LogP contribution in [0.4, 0.5) is 11.4 Å². The molecule has 2 amide bonds. The van der Waals surface area contributed by atoms with Crippen LogP contribution in [-0.4, -0.2) is 36.4 Å². The minimum Gasteiger partial charge on any atom is -0.372 e. The molecule has 0 atom stereocenters. The quantitative estimate of drug-likeness (QED) is 0.590. The zero-order valence-electron chi connectivity index (χ0n) is 21.7. The molecular weight excluding hydrogens is 452 g/mol. The van der Waals surface area contributed by atoms with Crippen molar-refractivity contribution in [2.24, 2.45) is 10.4 Å². The maximum absolute atomic E-state index is 13.5. The number of nitrogens with one attached hydrogen (secondary N) is 2. The highest BCUT2D eigenvalue weighted by atomic mass is 16.2. The Kier molecular flexibility index (Phi) is 6.67. The molecule has 0 fully saturated rings. The molecule has 1 aliphatic heterocycles. The van der Waals surface area contributed by atoms with Crippen molar-refractivity contribution in [3.8, 4) is 0 Å². The summed E-state index contributed by atoms with van der Waals surface area (Å²) in [6, 6.07) is 13.2. The Balaban J connectivity index is 1.77. The number of aryl methyl sites for hydroxylation is 2. The molecule has 2 aromatic carbocycles. The topological polar surface area (TPSA) is 90.9 Å². The molecule has 2 N–H and O–H groups in total. The fourth-order valence-corrected chi connectivity index (χ4v) is 4.60. The predicted octanol–water partition coefficient (Wildman–Crippen LogP) is 4.53. The molecule has 0 aromatic heterocycles. The van der Waals surface area contributed by atoms with E-state index in [1.165, 1.54) is 0 Å². The van der Waals surface area contributed by atoms with E-state index in [2.05, 4.69) is 35.4 Å². The van der Waals surface area contributed by atoms with Gasteiger partial charge < -0.3 is 15.5 Å². The monoisotopic (exact) mass is 484 g/mol. The minimum atomic E-state index is -1.05. The molecule has 1 aliphatic carbocycles. The van der Waals surface area contributed by atoms with Crippen molar-refractivity contribution in [1.82, 2.24) is 10.6 Å². The van der Waals surface area contributed by atoms with Crippen LogP contribution in [0.15, 0.2) is 70.5 Å². The van der Waals surface area contributed by atoms with Crippen molar-refractivity contribution < 1.29 is 14.4 Å². The minimum absolute atomic E-state index is 0.0981. The van der Waals surface area contributed by atoms with Gasteiger partial charge in [-0.1, -0.05) is 17.7 Å². The van der Waals surface area contributed by atoms with E-state index >= 15 is 0 Å². The van der Waals surface area contributed by atoms with Crippen molar-refractivity contribution in [2.75, 3.05) is 18.0 Å². The zero-order valence-corrected chi connectivity index (χ0v) is 21.7. The fourth-order valence-electron chi connectivity index (χ4n) is 4.60. The maximum atomic E-state index is 13.5. The van der Waals surface area contributed by atoms with Crippen molar-refractivity contribution in [2.45, 2.75) is 41.5 Å². The highest BCUT2D eigenvalue weighted by molar-refractivity contribution is 6.30. The van der Waals surface area contributed by atoms with Gasteiger partial charge in [0.05, 0.1) is 28.2 Å². The van der Waals surface area contributed by atoms with Gasteiger partial charge in [-0.3, -0.25) is 14.4 Å². The molecule has 1 heterocycles. The Morgan fingerprint density at radius 3 is 2.42 bits per heavy atom. The first-order chi connectivity index (χ1) is 17.1. The number of anilines is 1. The average molecular weight is 485 g/mol. The van der Waals surface area contributed by atoms with Gasteiger partial charge in [-0.15, -0.1) is 0 Å². The van der Waals surface area contributed by atoms with E-state index < -0.39 is 11.3 Å². The zero-order chi connectivity index (χ0) is 26.2. The number of nitrogens with zero attached hydrogens (tertiary/aromatic N) is 2. The summed E-state index contributed by atoms with van der Waals surface area (Å²) in [5.74, 6) is -1.06. The molecule has 0 saturated heterocycles. The SMILES string of the molecule is CCN(CC)c1ccc(N=C2C=C(NC(=O)c3cccc(C)c3)C(=O)C3=C2NC(=O)C3(C)C)c(C)c1. The van der Waals surface area contributed by atoms with Gasteiger partial charge in [0.1, 0.15) is 0 Å². The van der Waals surface area contributed by atoms with Crippen molar-refractivity contribution in [3.05, 3.63) is 82.2 Å². The van der Waals surface area contributed by atoms with E-state index in [4.69, 9.17) is 4.99 Å². The van der Waals surface area contributed by atoms with E-state index in [1.807, 2.05) is 32.0 Å². The van der Waals surface area contributed by atoms with Gasteiger partial charge in [-0.2, -0.15) is 0 Å². The first-order valence-corrected chi connectivity index (χ1v) is 12.2. The molecule has 36 heavy (non-hydrogen) atoms. The number of amides is 2. The molecular formula is C29H32N4O3. The van der Waals surface area contributed by atoms with Crippen LogP contribution in [0.2, 0.25) is 0 Å². The van der Waals surface area contributed by atoms with Gasteiger partial charge >= 0.3 is 0 Å². The molecule has 0 radical (unpaired) electrons. The van der Waals surface area contributed by atoms with Crippen molar-refractivity contribution >= 4 is 34.7 Å². The molecule has 0 unspecified atom stereocenters. The first kappa shape index (κ1) is 25.1. The van der Waals surface area contributed by atoms with Crippen LogP contribution < -0.4 is 15.5 Å². The summed E-state index contributed by atoms with van der Waals surface area (Å²) < 4.78 is 0. The second kappa shape index (κ2) is 9.57. The van der Waals surface area contributed by atoms with E-state index in [-0.39, 0.29) is 17.4 Å². The van der Waals surface area contributed by atoms with Crippen LogP contribution in [0.25, 0.3) is 0 Å². The second-order valence-electron chi connectivity index (χ2n) is 9.68. The van der Waals surface area contributed by atoms with Gasteiger partial charge in [0.2, 0.25) is 11.7 Å². The first-order valence-electron chi connectivity index (χ1n) is 12.2. The Hall–Kier alpha value is -4.00. The summed E-state index contributed by atoms with van der Waals surface area (Å²) in [7, 11) is 0. The number of hydrogen-bond donors (Lipinski definition) is 2. The molecule has 2 aliphatic rings. The lowest BCUT2D eigenvalue weighted by Gasteiger charge is -2.23. The molecule has 0 saturated carbocycles. The lowest BCUT2D eigenvalue weighted by molar-refractivity contribution is -0.127. The molecule has 186 valence electrons. The number of Topliss-reactive ketones (excluding diaryl/α,β-unsaturated/α-hetero) is 1. The lowest BCUT2D eigenvalue weighted by atomic mass is 9.79. The molecule has 0 spiro atoms. The smallest absolute Gasteiger partial charge is 0.255 e. The van der Waals surface area contributed by atoms with Gasteiger partial charge in [0.15, 0.2) is 0 Å². The van der Waals surface area contributed by atoms with E-state index in [9.17, 15) is 14.4 Å². The van der Waals surface area contributed by atoms with Gasteiger partial charge in [0, 0.05) is 29.9 Å². The predicted molar refractivity (Wildman–Crippen MR) is 143 cm³/mol. The number of carbonyl (C=O) groups is 3. The molecule has 0 bridgehead atoms. The second-order valence-corrected chi connectivity index (χ2v) is 9.68. The van der Waals surface area contributed by atoms with Crippen LogP contribution in [0.5, 0.6) is 0 Å². The summed E-state index contributed by atoms with van der Waals surface area (Å²) in [6.07, 6.45) is 1.55. The Morgan fingerprint density at radius 1 is 1.06 bits per heavy atom. The Morgan fingerprint density at radius 2 is 1.78 bits per heavy atom. The van der Waals surface area contributed by atoms with Crippen LogP contribution in [0.3, 0.4) is 0 Å². The molecule has 4 rings (SSSR count). The third-order valence-corrected chi connectivity index (χ3v) is 6.77. The summed E-state index contributed by atoms with van der Waals surface area (Å²) >= 11 is 0. The van der Waals surface area contributed by atoms with Crippen LogP contribution >= 0.6 is 0 Å². The average Bonchev–Trinajstić information content (AvgIpc) is 3.08. The Labute approximate surface area is 212 Å². The third kappa shape index (κ3) is 4.49. The maximum Gasteiger partial charge on any atom is 0.255 e. The molecule has 7 heteroatoms. The van der Waals surface area contributed by atoms with Crippen molar-refractivity contribution in [3.63, 3.8) is 0 Å². The van der Waals surface area contributed by atoms with E-state index in [1.54, 1.807) is 38.1 Å². The van der Waals surface area contributed by atoms with Crippen molar-refractivity contribution in [1.29, 1.82) is 0 Å².